The Morgan fingerprint density at radius 2 is 1.69 bits per heavy atom. The molecule has 3 rings (SSSR count). The zero-order chi connectivity index (χ0) is 18.5. The third-order valence-corrected chi connectivity index (χ3v) is 4.50. The van der Waals surface area contributed by atoms with Crippen LogP contribution in [0.4, 0.5) is 5.69 Å². The maximum atomic E-state index is 12.2. The Morgan fingerprint density at radius 3 is 2.35 bits per heavy atom. The summed E-state index contributed by atoms with van der Waals surface area (Å²) in [6, 6.07) is 19.3. The summed E-state index contributed by atoms with van der Waals surface area (Å²) in [5.41, 5.74) is 3.05. The van der Waals surface area contributed by atoms with Crippen molar-refractivity contribution < 1.29 is 9.21 Å². The molecule has 0 fully saturated rings. The van der Waals surface area contributed by atoms with E-state index in [1.807, 2.05) is 60.7 Å². The molecule has 0 spiro atoms. The molecule has 4 heteroatoms. The number of anilines is 1. The Hall–Kier alpha value is -2.52. The van der Waals surface area contributed by atoms with Crippen LogP contribution in [0.1, 0.15) is 37.5 Å². The summed E-state index contributed by atoms with van der Waals surface area (Å²) in [6.07, 6.45) is 0.934. The number of rotatable bonds is 6. The van der Waals surface area contributed by atoms with Gasteiger partial charge in [0.15, 0.2) is 0 Å². The van der Waals surface area contributed by atoms with Crippen LogP contribution in [0.5, 0.6) is 0 Å². The van der Waals surface area contributed by atoms with Crippen molar-refractivity contribution >= 4 is 23.2 Å². The zero-order valence-electron chi connectivity index (χ0n) is 15.0. The highest BCUT2D eigenvalue weighted by molar-refractivity contribution is 6.30. The third kappa shape index (κ3) is 4.77. The van der Waals surface area contributed by atoms with Crippen LogP contribution in [0.25, 0.3) is 11.3 Å². The molecule has 0 aliphatic rings. The van der Waals surface area contributed by atoms with Crippen molar-refractivity contribution in [3.05, 3.63) is 77.0 Å². The Kier molecular flexibility index (Phi) is 5.79. The van der Waals surface area contributed by atoms with Gasteiger partial charge in [0.05, 0.1) is 0 Å². The van der Waals surface area contributed by atoms with Crippen LogP contribution in [0, 0.1) is 0 Å². The minimum atomic E-state index is -0.0215. The molecule has 0 saturated heterocycles. The summed E-state index contributed by atoms with van der Waals surface area (Å²) < 4.78 is 5.83. The van der Waals surface area contributed by atoms with E-state index in [0.29, 0.717) is 23.8 Å². The van der Waals surface area contributed by atoms with E-state index in [0.717, 1.165) is 22.8 Å². The molecule has 1 heterocycles. The molecule has 134 valence electrons. The lowest BCUT2D eigenvalue weighted by Gasteiger charge is -2.08. The summed E-state index contributed by atoms with van der Waals surface area (Å²) in [4.78, 5) is 12.2. The lowest BCUT2D eigenvalue weighted by Crippen LogP contribution is -2.12. The molecule has 1 amide bonds. The van der Waals surface area contributed by atoms with Crippen LogP contribution < -0.4 is 5.32 Å². The van der Waals surface area contributed by atoms with Gasteiger partial charge in [-0.25, -0.2) is 0 Å². The number of benzene rings is 2. The molecule has 3 nitrogen and oxygen atoms in total. The lowest BCUT2D eigenvalue weighted by molar-refractivity contribution is -0.116. The molecule has 1 aromatic heterocycles. The van der Waals surface area contributed by atoms with Crippen molar-refractivity contribution in [2.24, 2.45) is 0 Å². The first-order valence-electron chi connectivity index (χ1n) is 8.76. The number of carbonyl (C=O) groups excluding carboxylic acids is 1. The monoisotopic (exact) mass is 367 g/mol. The first kappa shape index (κ1) is 18.3. The molecule has 0 unspecified atom stereocenters. The minimum Gasteiger partial charge on any atom is -0.461 e. The van der Waals surface area contributed by atoms with E-state index in [-0.39, 0.29) is 5.91 Å². The number of aryl methyl sites for hydroxylation is 1. The lowest BCUT2D eigenvalue weighted by atomic mass is 10.0. The van der Waals surface area contributed by atoms with E-state index in [9.17, 15) is 4.79 Å². The Balaban J connectivity index is 1.54. The van der Waals surface area contributed by atoms with Crippen molar-refractivity contribution in [1.29, 1.82) is 0 Å². The average molecular weight is 368 g/mol. The van der Waals surface area contributed by atoms with Gasteiger partial charge in [0.1, 0.15) is 11.5 Å². The average Bonchev–Trinajstić information content (AvgIpc) is 3.10. The van der Waals surface area contributed by atoms with Gasteiger partial charge in [-0.2, -0.15) is 0 Å². The number of amides is 1. The number of halogens is 1. The van der Waals surface area contributed by atoms with E-state index < -0.39 is 0 Å². The maximum absolute atomic E-state index is 12.2. The maximum Gasteiger partial charge on any atom is 0.224 e. The van der Waals surface area contributed by atoms with Crippen LogP contribution in [-0.2, 0) is 11.2 Å². The summed E-state index contributed by atoms with van der Waals surface area (Å²) in [5.74, 6) is 2.03. The largest absolute Gasteiger partial charge is 0.461 e. The van der Waals surface area contributed by atoms with E-state index in [1.54, 1.807) is 0 Å². The highest BCUT2D eigenvalue weighted by Gasteiger charge is 2.08. The van der Waals surface area contributed by atoms with Gasteiger partial charge in [0.2, 0.25) is 5.91 Å². The van der Waals surface area contributed by atoms with Gasteiger partial charge in [0, 0.05) is 29.1 Å². The highest BCUT2D eigenvalue weighted by atomic mass is 35.5. The Labute approximate surface area is 159 Å². The van der Waals surface area contributed by atoms with Gasteiger partial charge >= 0.3 is 0 Å². The molecule has 0 saturated carbocycles. The predicted octanol–water partition coefficient (Wildman–Crippen LogP) is 6.29. The van der Waals surface area contributed by atoms with Gasteiger partial charge in [-0.15, -0.1) is 0 Å². The van der Waals surface area contributed by atoms with Gasteiger partial charge in [-0.1, -0.05) is 37.6 Å². The van der Waals surface area contributed by atoms with Crippen molar-refractivity contribution in [2.75, 3.05) is 5.32 Å². The van der Waals surface area contributed by atoms with E-state index in [1.165, 1.54) is 5.56 Å². The number of nitrogens with one attached hydrogen (secondary N) is 1. The van der Waals surface area contributed by atoms with Crippen molar-refractivity contribution in [2.45, 2.75) is 32.6 Å². The quantitative estimate of drug-likeness (QED) is 0.555. The summed E-state index contributed by atoms with van der Waals surface area (Å²) >= 11 is 5.90. The highest BCUT2D eigenvalue weighted by Crippen LogP contribution is 2.24. The smallest absolute Gasteiger partial charge is 0.224 e. The second-order valence-corrected chi connectivity index (χ2v) is 7.03. The first-order valence-corrected chi connectivity index (χ1v) is 9.13. The number of furan rings is 1. The number of hydrogen-bond donors (Lipinski definition) is 1. The molecule has 3 aromatic rings. The molecule has 2 aromatic carbocycles. The van der Waals surface area contributed by atoms with Gasteiger partial charge in [-0.3, -0.25) is 4.79 Å². The normalized spacial score (nSPS) is 10.9. The summed E-state index contributed by atoms with van der Waals surface area (Å²) in [5, 5.41) is 3.62. The van der Waals surface area contributed by atoms with E-state index in [4.69, 9.17) is 16.0 Å². The molecule has 26 heavy (non-hydrogen) atoms. The SMILES string of the molecule is CC(C)c1ccc(NC(=O)CCc2ccc(-c3ccc(Cl)cc3)o2)cc1. The predicted molar refractivity (Wildman–Crippen MR) is 107 cm³/mol. The fraction of sp³-hybridized carbons (Fsp3) is 0.227. The molecule has 1 N–H and O–H groups in total. The Morgan fingerprint density at radius 1 is 1.00 bits per heavy atom. The van der Waals surface area contributed by atoms with Crippen LogP contribution >= 0.6 is 11.6 Å². The molecule has 0 aliphatic heterocycles. The number of hydrogen-bond acceptors (Lipinski definition) is 2. The molecular formula is C22H22ClNO2. The van der Waals surface area contributed by atoms with Crippen molar-refractivity contribution in [1.82, 2.24) is 0 Å². The number of carbonyl (C=O) groups is 1. The summed E-state index contributed by atoms with van der Waals surface area (Å²) in [7, 11) is 0. The second kappa shape index (κ2) is 8.24. The van der Waals surface area contributed by atoms with Crippen LogP contribution in [0.15, 0.2) is 65.1 Å². The van der Waals surface area contributed by atoms with Gasteiger partial charge in [0.25, 0.3) is 0 Å². The molecule has 0 bridgehead atoms. The fourth-order valence-electron chi connectivity index (χ4n) is 2.69. The second-order valence-electron chi connectivity index (χ2n) is 6.60. The minimum absolute atomic E-state index is 0.0215. The van der Waals surface area contributed by atoms with Crippen molar-refractivity contribution in [3.63, 3.8) is 0 Å². The zero-order valence-corrected chi connectivity index (χ0v) is 15.7. The standard InChI is InChI=1S/C22H22ClNO2/c1-15(2)16-5-9-19(10-6-16)24-22(25)14-12-20-11-13-21(26-20)17-3-7-18(23)8-4-17/h3-11,13,15H,12,14H2,1-2H3,(H,24,25). The van der Waals surface area contributed by atoms with Crippen molar-refractivity contribution in [3.8, 4) is 11.3 Å². The fourth-order valence-corrected chi connectivity index (χ4v) is 2.82. The van der Waals surface area contributed by atoms with E-state index in [2.05, 4.69) is 19.2 Å². The molecule has 0 atom stereocenters. The molecule has 0 radical (unpaired) electrons. The molecular weight excluding hydrogens is 346 g/mol. The first-order chi connectivity index (χ1) is 12.5. The van der Waals surface area contributed by atoms with Crippen LogP contribution in [0.2, 0.25) is 5.02 Å². The Bertz CT molecular complexity index is 864. The van der Waals surface area contributed by atoms with E-state index >= 15 is 0 Å². The molecule has 0 aliphatic carbocycles. The van der Waals surface area contributed by atoms with Gasteiger partial charge in [-0.05, 0) is 60.0 Å². The van der Waals surface area contributed by atoms with Crippen LogP contribution in [-0.4, -0.2) is 5.91 Å². The van der Waals surface area contributed by atoms with Crippen LogP contribution in [0.3, 0.4) is 0 Å². The summed E-state index contributed by atoms with van der Waals surface area (Å²) in [6.45, 7) is 4.30. The third-order valence-electron chi connectivity index (χ3n) is 4.25. The topological polar surface area (TPSA) is 42.2 Å². The van der Waals surface area contributed by atoms with Gasteiger partial charge < -0.3 is 9.73 Å².